The number of hydrogen-bond acceptors (Lipinski definition) is 4. The van der Waals surface area contributed by atoms with E-state index in [-0.39, 0.29) is 11.8 Å². The number of aromatic nitrogens is 3. The highest BCUT2D eigenvalue weighted by Crippen LogP contribution is 2.22. The van der Waals surface area contributed by atoms with Crippen LogP contribution in [0.4, 0.5) is 5.69 Å². The molecule has 7 nitrogen and oxygen atoms in total. The van der Waals surface area contributed by atoms with Gasteiger partial charge in [0, 0.05) is 31.2 Å². The van der Waals surface area contributed by atoms with Crippen LogP contribution in [-0.4, -0.2) is 26.3 Å². The van der Waals surface area contributed by atoms with Crippen molar-refractivity contribution >= 4 is 17.5 Å². The Bertz CT molecular complexity index is 983. The zero-order chi connectivity index (χ0) is 19.3. The van der Waals surface area contributed by atoms with Crippen molar-refractivity contribution in [1.29, 1.82) is 0 Å². The van der Waals surface area contributed by atoms with Crippen molar-refractivity contribution in [3.63, 3.8) is 0 Å². The molecule has 4 rings (SSSR count). The lowest BCUT2D eigenvalue weighted by molar-refractivity contribution is 0.0935. The van der Waals surface area contributed by atoms with Crippen molar-refractivity contribution in [2.75, 3.05) is 5.32 Å². The van der Waals surface area contributed by atoms with Gasteiger partial charge in [0.2, 0.25) is 0 Å². The molecule has 7 heteroatoms. The van der Waals surface area contributed by atoms with Gasteiger partial charge in [-0.3, -0.25) is 14.6 Å². The Morgan fingerprint density at radius 3 is 2.57 bits per heavy atom. The van der Waals surface area contributed by atoms with E-state index >= 15 is 0 Å². The number of carbonyl (C=O) groups is 2. The first kappa shape index (κ1) is 17.9. The maximum Gasteiger partial charge on any atom is 0.287 e. The molecular formula is C21H21N5O2. The maximum atomic E-state index is 12.8. The molecule has 0 fully saturated rings. The Morgan fingerprint density at radius 1 is 1.00 bits per heavy atom. The molecule has 2 amide bonds. The van der Waals surface area contributed by atoms with Crippen molar-refractivity contribution in [3.05, 3.63) is 77.6 Å². The van der Waals surface area contributed by atoms with Crippen LogP contribution in [0, 0.1) is 0 Å². The lowest BCUT2D eigenvalue weighted by atomic mass is 10.1. The molecule has 0 saturated carbocycles. The molecule has 3 heterocycles. The first-order valence-electron chi connectivity index (χ1n) is 9.35. The molecule has 0 bridgehead atoms. The number of pyridine rings is 1. The molecule has 1 aliphatic rings. The van der Waals surface area contributed by atoms with Crippen LogP contribution in [-0.2, 0) is 19.5 Å². The smallest absolute Gasteiger partial charge is 0.287 e. The summed E-state index contributed by atoms with van der Waals surface area (Å²) in [4.78, 5) is 33.9. The average molecular weight is 375 g/mol. The zero-order valence-corrected chi connectivity index (χ0v) is 15.4. The van der Waals surface area contributed by atoms with Gasteiger partial charge in [0.1, 0.15) is 0 Å². The van der Waals surface area contributed by atoms with Crippen molar-refractivity contribution < 1.29 is 9.59 Å². The molecule has 0 spiro atoms. The standard InChI is InChI=1S/C21H21N5O2/c27-20(24-16-6-2-1-3-7-16)18-17-8-4-5-13-26(17)19(25-18)21(28)23-14-15-9-11-22-12-10-15/h1-3,6-7,9-12H,4-5,8,13-14H2,(H,23,28)(H,24,27). The van der Waals surface area contributed by atoms with E-state index in [2.05, 4.69) is 20.6 Å². The topological polar surface area (TPSA) is 88.9 Å². The summed E-state index contributed by atoms with van der Waals surface area (Å²) in [5.74, 6) is -0.272. The molecule has 1 aromatic carbocycles. The van der Waals surface area contributed by atoms with Crippen LogP contribution in [0.5, 0.6) is 0 Å². The molecule has 2 aromatic heterocycles. The van der Waals surface area contributed by atoms with E-state index in [0.29, 0.717) is 30.3 Å². The van der Waals surface area contributed by atoms with Crippen LogP contribution in [0.1, 0.15) is 45.2 Å². The molecule has 0 saturated heterocycles. The van der Waals surface area contributed by atoms with E-state index in [1.807, 2.05) is 47.0 Å². The second kappa shape index (κ2) is 8.04. The largest absolute Gasteiger partial charge is 0.345 e. The van der Waals surface area contributed by atoms with Crippen LogP contribution in [0.2, 0.25) is 0 Å². The third kappa shape index (κ3) is 3.78. The number of carbonyl (C=O) groups excluding carboxylic acids is 2. The van der Waals surface area contributed by atoms with Crippen LogP contribution in [0.15, 0.2) is 54.9 Å². The van der Waals surface area contributed by atoms with Crippen LogP contribution < -0.4 is 10.6 Å². The summed E-state index contributed by atoms with van der Waals surface area (Å²) >= 11 is 0. The van der Waals surface area contributed by atoms with Gasteiger partial charge >= 0.3 is 0 Å². The highest BCUT2D eigenvalue weighted by molar-refractivity contribution is 6.05. The fraction of sp³-hybridized carbons (Fsp3) is 0.238. The molecule has 0 atom stereocenters. The molecule has 0 unspecified atom stereocenters. The number of nitrogens with zero attached hydrogens (tertiary/aromatic N) is 3. The predicted molar refractivity (Wildman–Crippen MR) is 105 cm³/mol. The van der Waals surface area contributed by atoms with Gasteiger partial charge in [0.05, 0.1) is 5.69 Å². The first-order valence-corrected chi connectivity index (χ1v) is 9.35. The maximum absolute atomic E-state index is 12.8. The number of para-hydroxylation sites is 1. The fourth-order valence-electron chi connectivity index (χ4n) is 3.37. The summed E-state index contributed by atoms with van der Waals surface area (Å²) in [7, 11) is 0. The van der Waals surface area contributed by atoms with E-state index in [9.17, 15) is 9.59 Å². The first-order chi connectivity index (χ1) is 13.7. The third-order valence-electron chi connectivity index (χ3n) is 4.77. The molecule has 3 aromatic rings. The molecule has 28 heavy (non-hydrogen) atoms. The van der Waals surface area contributed by atoms with Gasteiger partial charge in [-0.2, -0.15) is 0 Å². The van der Waals surface area contributed by atoms with Gasteiger partial charge in [-0.15, -0.1) is 0 Å². The summed E-state index contributed by atoms with van der Waals surface area (Å²) in [6.45, 7) is 1.08. The van der Waals surface area contributed by atoms with E-state index in [1.165, 1.54) is 0 Å². The monoisotopic (exact) mass is 375 g/mol. The van der Waals surface area contributed by atoms with Gasteiger partial charge < -0.3 is 15.2 Å². The van der Waals surface area contributed by atoms with Gasteiger partial charge in [-0.1, -0.05) is 18.2 Å². The van der Waals surface area contributed by atoms with E-state index in [0.717, 1.165) is 30.5 Å². The predicted octanol–water partition coefficient (Wildman–Crippen LogP) is 2.80. The summed E-state index contributed by atoms with van der Waals surface area (Å²) in [5, 5.41) is 5.75. The minimum absolute atomic E-state index is 0.279. The molecule has 0 aliphatic carbocycles. The van der Waals surface area contributed by atoms with E-state index in [1.54, 1.807) is 12.4 Å². The van der Waals surface area contributed by atoms with Crippen molar-refractivity contribution in [1.82, 2.24) is 19.9 Å². The molecule has 2 N–H and O–H groups in total. The highest BCUT2D eigenvalue weighted by Gasteiger charge is 2.27. The number of benzene rings is 1. The fourth-order valence-corrected chi connectivity index (χ4v) is 3.37. The van der Waals surface area contributed by atoms with Gasteiger partial charge in [-0.25, -0.2) is 4.98 Å². The van der Waals surface area contributed by atoms with Gasteiger partial charge in [0.25, 0.3) is 11.8 Å². The van der Waals surface area contributed by atoms with Gasteiger partial charge in [0.15, 0.2) is 11.5 Å². The van der Waals surface area contributed by atoms with Crippen LogP contribution in [0.3, 0.4) is 0 Å². The molecule has 1 aliphatic heterocycles. The second-order valence-corrected chi connectivity index (χ2v) is 6.70. The minimum atomic E-state index is -0.287. The molecule has 142 valence electrons. The molecular weight excluding hydrogens is 354 g/mol. The lowest BCUT2D eigenvalue weighted by Crippen LogP contribution is -2.27. The van der Waals surface area contributed by atoms with Gasteiger partial charge in [-0.05, 0) is 49.1 Å². The van der Waals surface area contributed by atoms with E-state index in [4.69, 9.17) is 0 Å². The highest BCUT2D eigenvalue weighted by atomic mass is 16.2. The quantitative estimate of drug-likeness (QED) is 0.718. The number of anilines is 1. The average Bonchev–Trinajstić information content (AvgIpc) is 3.13. The van der Waals surface area contributed by atoms with Crippen molar-refractivity contribution in [3.8, 4) is 0 Å². The zero-order valence-electron chi connectivity index (χ0n) is 15.4. The Morgan fingerprint density at radius 2 is 1.79 bits per heavy atom. The Kier molecular flexibility index (Phi) is 5.14. The summed E-state index contributed by atoms with van der Waals surface area (Å²) in [5.41, 5.74) is 2.82. The number of nitrogens with one attached hydrogen (secondary N) is 2. The normalized spacial score (nSPS) is 12.9. The summed E-state index contributed by atoms with van der Waals surface area (Å²) in [6, 6.07) is 12.9. The number of hydrogen-bond donors (Lipinski definition) is 2. The van der Waals surface area contributed by atoms with Crippen LogP contribution >= 0.6 is 0 Å². The summed E-state index contributed by atoms with van der Waals surface area (Å²) < 4.78 is 1.88. The molecule has 0 radical (unpaired) electrons. The Hall–Kier alpha value is -3.48. The van der Waals surface area contributed by atoms with Crippen molar-refractivity contribution in [2.45, 2.75) is 32.4 Å². The number of fused-ring (bicyclic) bond motifs is 1. The number of rotatable bonds is 5. The lowest BCUT2D eigenvalue weighted by Gasteiger charge is -2.17. The van der Waals surface area contributed by atoms with Crippen molar-refractivity contribution in [2.24, 2.45) is 0 Å². The summed E-state index contributed by atoms with van der Waals surface area (Å²) in [6.07, 6.45) is 6.06. The minimum Gasteiger partial charge on any atom is -0.345 e. The second-order valence-electron chi connectivity index (χ2n) is 6.70. The number of amides is 2. The number of imidazole rings is 1. The van der Waals surface area contributed by atoms with Crippen LogP contribution in [0.25, 0.3) is 0 Å². The van der Waals surface area contributed by atoms with E-state index < -0.39 is 0 Å². The Labute approximate surface area is 162 Å². The Balaban J connectivity index is 1.56. The third-order valence-corrected chi connectivity index (χ3v) is 4.77. The SMILES string of the molecule is O=C(Nc1ccccc1)c1nc(C(=O)NCc2ccncc2)n2c1CCCC2.